The lowest BCUT2D eigenvalue weighted by Crippen LogP contribution is -2.28. The van der Waals surface area contributed by atoms with Crippen LogP contribution in [0.25, 0.3) is 0 Å². The Bertz CT molecular complexity index is 203. The van der Waals surface area contributed by atoms with Gasteiger partial charge in [0.25, 0.3) is 0 Å². The van der Waals surface area contributed by atoms with Crippen molar-refractivity contribution in [2.24, 2.45) is 5.92 Å². The molecular formula is C11H22N2O2. The van der Waals surface area contributed by atoms with E-state index in [1.54, 1.807) is 0 Å². The Morgan fingerprint density at radius 3 is 2.07 bits per heavy atom. The summed E-state index contributed by atoms with van der Waals surface area (Å²) in [4.78, 5) is 22.3. The SMILES string of the molecule is CCNC(=O)CCC(=O)NCCC(C)C. The van der Waals surface area contributed by atoms with Crippen LogP contribution in [0.2, 0.25) is 0 Å². The highest BCUT2D eigenvalue weighted by Crippen LogP contribution is 1.97. The van der Waals surface area contributed by atoms with E-state index in [2.05, 4.69) is 24.5 Å². The zero-order chi connectivity index (χ0) is 11.7. The van der Waals surface area contributed by atoms with Crippen molar-refractivity contribution < 1.29 is 9.59 Å². The van der Waals surface area contributed by atoms with E-state index >= 15 is 0 Å². The summed E-state index contributed by atoms with van der Waals surface area (Å²) in [7, 11) is 0. The van der Waals surface area contributed by atoms with Gasteiger partial charge < -0.3 is 10.6 Å². The zero-order valence-electron chi connectivity index (χ0n) is 9.93. The molecule has 15 heavy (non-hydrogen) atoms. The Labute approximate surface area is 91.8 Å². The predicted molar refractivity (Wildman–Crippen MR) is 60.4 cm³/mol. The first-order chi connectivity index (χ1) is 7.06. The Morgan fingerprint density at radius 1 is 1.07 bits per heavy atom. The molecule has 0 aromatic rings. The highest BCUT2D eigenvalue weighted by Gasteiger charge is 2.05. The summed E-state index contributed by atoms with van der Waals surface area (Å²) < 4.78 is 0. The number of carbonyl (C=O) groups excluding carboxylic acids is 2. The second kappa shape index (κ2) is 8.26. The molecule has 88 valence electrons. The topological polar surface area (TPSA) is 58.2 Å². The summed E-state index contributed by atoms with van der Waals surface area (Å²) >= 11 is 0. The van der Waals surface area contributed by atoms with E-state index in [0.29, 0.717) is 19.0 Å². The van der Waals surface area contributed by atoms with E-state index in [9.17, 15) is 9.59 Å². The Balaban J connectivity index is 3.45. The van der Waals surface area contributed by atoms with Gasteiger partial charge in [0, 0.05) is 25.9 Å². The molecule has 0 heterocycles. The van der Waals surface area contributed by atoms with Crippen molar-refractivity contribution in [3.63, 3.8) is 0 Å². The number of hydrogen-bond acceptors (Lipinski definition) is 2. The van der Waals surface area contributed by atoms with Crippen molar-refractivity contribution in [3.05, 3.63) is 0 Å². The van der Waals surface area contributed by atoms with Gasteiger partial charge in [0.2, 0.25) is 11.8 Å². The number of amides is 2. The van der Waals surface area contributed by atoms with Gasteiger partial charge in [-0.15, -0.1) is 0 Å². The number of rotatable bonds is 7. The van der Waals surface area contributed by atoms with Crippen LogP contribution in [-0.2, 0) is 9.59 Å². The first kappa shape index (κ1) is 13.9. The molecule has 0 aliphatic rings. The van der Waals surface area contributed by atoms with E-state index in [-0.39, 0.29) is 24.7 Å². The molecular weight excluding hydrogens is 192 g/mol. The van der Waals surface area contributed by atoms with E-state index in [1.807, 2.05) is 6.92 Å². The molecule has 2 amide bonds. The Kier molecular flexibility index (Phi) is 7.68. The third-order valence-corrected chi connectivity index (χ3v) is 2.00. The molecule has 0 unspecified atom stereocenters. The van der Waals surface area contributed by atoms with E-state index in [1.165, 1.54) is 0 Å². The maximum Gasteiger partial charge on any atom is 0.220 e. The predicted octanol–water partition coefficient (Wildman–Crippen LogP) is 1.06. The van der Waals surface area contributed by atoms with E-state index in [0.717, 1.165) is 6.42 Å². The average molecular weight is 214 g/mol. The summed E-state index contributed by atoms with van der Waals surface area (Å²) in [5.74, 6) is 0.493. The highest BCUT2D eigenvalue weighted by atomic mass is 16.2. The lowest BCUT2D eigenvalue weighted by atomic mass is 10.1. The number of hydrogen-bond donors (Lipinski definition) is 2. The summed E-state index contributed by atoms with van der Waals surface area (Å²) in [5.41, 5.74) is 0. The van der Waals surface area contributed by atoms with Crippen molar-refractivity contribution >= 4 is 11.8 Å². The van der Waals surface area contributed by atoms with Crippen molar-refractivity contribution in [2.45, 2.75) is 40.0 Å². The quantitative estimate of drug-likeness (QED) is 0.666. The van der Waals surface area contributed by atoms with Crippen molar-refractivity contribution in [1.82, 2.24) is 10.6 Å². The average Bonchev–Trinajstić information content (AvgIpc) is 2.14. The monoisotopic (exact) mass is 214 g/mol. The van der Waals surface area contributed by atoms with Gasteiger partial charge >= 0.3 is 0 Å². The Hall–Kier alpha value is -1.06. The summed E-state index contributed by atoms with van der Waals surface area (Å²) in [6.45, 7) is 7.40. The minimum atomic E-state index is -0.0588. The van der Waals surface area contributed by atoms with Gasteiger partial charge in [0.05, 0.1) is 0 Å². The molecule has 0 saturated heterocycles. The molecule has 0 bridgehead atoms. The van der Waals surface area contributed by atoms with Crippen LogP contribution in [0.15, 0.2) is 0 Å². The second-order valence-electron chi connectivity index (χ2n) is 3.99. The molecule has 0 rings (SSSR count). The van der Waals surface area contributed by atoms with Crippen LogP contribution < -0.4 is 10.6 Å². The summed E-state index contributed by atoms with van der Waals surface area (Å²) in [6.07, 6.45) is 1.54. The molecule has 0 spiro atoms. The fraction of sp³-hybridized carbons (Fsp3) is 0.818. The van der Waals surface area contributed by atoms with Crippen LogP contribution in [0.1, 0.15) is 40.0 Å². The minimum absolute atomic E-state index is 0.0399. The van der Waals surface area contributed by atoms with Gasteiger partial charge in [-0.1, -0.05) is 13.8 Å². The van der Waals surface area contributed by atoms with Crippen molar-refractivity contribution in [3.8, 4) is 0 Å². The molecule has 0 aromatic heterocycles. The summed E-state index contributed by atoms with van der Waals surface area (Å²) in [5, 5.41) is 5.45. The third kappa shape index (κ3) is 9.25. The lowest BCUT2D eigenvalue weighted by molar-refractivity contribution is -0.126. The van der Waals surface area contributed by atoms with Crippen molar-refractivity contribution in [1.29, 1.82) is 0 Å². The van der Waals surface area contributed by atoms with Gasteiger partial charge in [-0.05, 0) is 19.3 Å². The highest BCUT2D eigenvalue weighted by molar-refractivity contribution is 5.83. The molecule has 0 atom stereocenters. The van der Waals surface area contributed by atoms with Crippen LogP contribution in [0, 0.1) is 5.92 Å². The van der Waals surface area contributed by atoms with Crippen LogP contribution in [0.3, 0.4) is 0 Å². The first-order valence-corrected chi connectivity index (χ1v) is 5.59. The van der Waals surface area contributed by atoms with Crippen LogP contribution >= 0.6 is 0 Å². The summed E-state index contributed by atoms with van der Waals surface area (Å²) in [6, 6.07) is 0. The first-order valence-electron chi connectivity index (χ1n) is 5.59. The minimum Gasteiger partial charge on any atom is -0.356 e. The Morgan fingerprint density at radius 2 is 1.60 bits per heavy atom. The molecule has 0 radical (unpaired) electrons. The lowest BCUT2D eigenvalue weighted by Gasteiger charge is -2.06. The normalized spacial score (nSPS) is 10.1. The second-order valence-corrected chi connectivity index (χ2v) is 3.99. The van der Waals surface area contributed by atoms with Gasteiger partial charge in [-0.3, -0.25) is 9.59 Å². The smallest absolute Gasteiger partial charge is 0.220 e. The molecule has 0 saturated carbocycles. The molecule has 4 heteroatoms. The van der Waals surface area contributed by atoms with Crippen LogP contribution in [0.4, 0.5) is 0 Å². The van der Waals surface area contributed by atoms with Gasteiger partial charge in [-0.25, -0.2) is 0 Å². The van der Waals surface area contributed by atoms with Crippen molar-refractivity contribution in [2.75, 3.05) is 13.1 Å². The molecule has 2 N–H and O–H groups in total. The van der Waals surface area contributed by atoms with Gasteiger partial charge in [0.15, 0.2) is 0 Å². The van der Waals surface area contributed by atoms with E-state index < -0.39 is 0 Å². The zero-order valence-corrected chi connectivity index (χ0v) is 9.93. The fourth-order valence-electron chi connectivity index (χ4n) is 1.10. The molecule has 0 fully saturated rings. The fourth-order valence-corrected chi connectivity index (χ4v) is 1.10. The van der Waals surface area contributed by atoms with Gasteiger partial charge in [-0.2, -0.15) is 0 Å². The standard InChI is InChI=1S/C11H22N2O2/c1-4-12-10(14)5-6-11(15)13-8-7-9(2)3/h9H,4-8H2,1-3H3,(H,12,14)(H,13,15). The van der Waals surface area contributed by atoms with Crippen LogP contribution in [-0.4, -0.2) is 24.9 Å². The molecule has 0 aliphatic carbocycles. The molecule has 0 aromatic carbocycles. The number of carbonyl (C=O) groups is 2. The van der Waals surface area contributed by atoms with Crippen LogP contribution in [0.5, 0.6) is 0 Å². The third-order valence-electron chi connectivity index (χ3n) is 2.00. The molecule has 0 aliphatic heterocycles. The maximum absolute atomic E-state index is 11.2. The molecule has 4 nitrogen and oxygen atoms in total. The van der Waals surface area contributed by atoms with Gasteiger partial charge in [0.1, 0.15) is 0 Å². The van der Waals surface area contributed by atoms with E-state index in [4.69, 9.17) is 0 Å². The largest absolute Gasteiger partial charge is 0.356 e. The maximum atomic E-state index is 11.2. The number of nitrogens with one attached hydrogen (secondary N) is 2.